The van der Waals surface area contributed by atoms with Gasteiger partial charge in [0.2, 0.25) is 0 Å². The Labute approximate surface area is 98.7 Å². The molecule has 1 aliphatic carbocycles. The summed E-state index contributed by atoms with van der Waals surface area (Å²) in [6, 6.07) is 8.63. The van der Waals surface area contributed by atoms with Gasteiger partial charge in [-0.05, 0) is 48.8 Å². The van der Waals surface area contributed by atoms with Crippen LogP contribution in [0.1, 0.15) is 44.2 Å². The summed E-state index contributed by atoms with van der Waals surface area (Å²) >= 11 is 0. The van der Waals surface area contributed by atoms with Crippen LogP contribution in [0.3, 0.4) is 0 Å². The van der Waals surface area contributed by atoms with Crippen LogP contribution >= 0.6 is 0 Å². The quantitative estimate of drug-likeness (QED) is 0.652. The summed E-state index contributed by atoms with van der Waals surface area (Å²) in [4.78, 5) is 0. The van der Waals surface area contributed by atoms with Crippen molar-refractivity contribution < 1.29 is 0 Å². The molecule has 1 aliphatic rings. The molecule has 0 radical (unpaired) electrons. The Morgan fingerprint density at radius 2 is 2.06 bits per heavy atom. The van der Waals surface area contributed by atoms with E-state index in [9.17, 15) is 0 Å². The highest BCUT2D eigenvalue weighted by Crippen LogP contribution is 2.33. The molecule has 0 nitrogen and oxygen atoms in total. The average molecular weight is 212 g/mol. The maximum atomic E-state index is 4.07. The Hall–Kier alpha value is -1.30. The van der Waals surface area contributed by atoms with E-state index in [-0.39, 0.29) is 0 Å². The Morgan fingerprint density at radius 1 is 1.31 bits per heavy atom. The molecule has 0 heteroatoms. The van der Waals surface area contributed by atoms with Crippen molar-refractivity contribution in [2.24, 2.45) is 5.92 Å². The van der Waals surface area contributed by atoms with E-state index in [4.69, 9.17) is 0 Å². The van der Waals surface area contributed by atoms with Crippen LogP contribution in [0.15, 0.2) is 36.9 Å². The fourth-order valence-corrected chi connectivity index (χ4v) is 2.46. The average Bonchev–Trinajstić information content (AvgIpc) is 2.29. The summed E-state index contributed by atoms with van der Waals surface area (Å²) in [6.07, 6.45) is 6.17. The van der Waals surface area contributed by atoms with Crippen LogP contribution in [-0.4, -0.2) is 0 Å². The molecular weight excluding hydrogens is 192 g/mol. The van der Waals surface area contributed by atoms with Crippen molar-refractivity contribution in [3.63, 3.8) is 0 Å². The highest BCUT2D eigenvalue weighted by molar-refractivity contribution is 5.78. The molecule has 84 valence electrons. The van der Waals surface area contributed by atoms with Crippen molar-refractivity contribution in [1.29, 1.82) is 0 Å². The predicted molar refractivity (Wildman–Crippen MR) is 72.1 cm³/mol. The number of hydrogen-bond donors (Lipinski definition) is 0. The van der Waals surface area contributed by atoms with Gasteiger partial charge in [-0.3, -0.25) is 0 Å². The van der Waals surface area contributed by atoms with Gasteiger partial charge in [-0.25, -0.2) is 0 Å². The number of rotatable bonds is 2. The smallest absolute Gasteiger partial charge is 0.0153 e. The second kappa shape index (κ2) is 4.69. The Bertz CT molecular complexity index is 423. The van der Waals surface area contributed by atoms with Gasteiger partial charge in [0.15, 0.2) is 0 Å². The molecule has 2 rings (SSSR count). The van der Waals surface area contributed by atoms with Gasteiger partial charge < -0.3 is 0 Å². The van der Waals surface area contributed by atoms with E-state index < -0.39 is 0 Å². The Balaban J connectivity index is 2.40. The molecule has 1 atom stereocenters. The molecule has 0 saturated carbocycles. The van der Waals surface area contributed by atoms with Crippen LogP contribution in [0.4, 0.5) is 0 Å². The summed E-state index contributed by atoms with van der Waals surface area (Å²) in [6.45, 7) is 8.51. The second-order valence-electron chi connectivity index (χ2n) is 4.94. The van der Waals surface area contributed by atoms with Crippen molar-refractivity contribution in [2.45, 2.75) is 33.1 Å². The molecule has 0 aromatic heterocycles. The normalized spacial score (nSPS) is 20.4. The van der Waals surface area contributed by atoms with E-state index in [2.05, 4.69) is 50.8 Å². The molecule has 1 unspecified atom stereocenters. The van der Waals surface area contributed by atoms with E-state index in [1.54, 1.807) is 0 Å². The summed E-state index contributed by atoms with van der Waals surface area (Å²) in [7, 11) is 0. The van der Waals surface area contributed by atoms with Crippen molar-refractivity contribution >= 4 is 11.1 Å². The van der Waals surface area contributed by atoms with E-state index in [1.165, 1.54) is 36.0 Å². The fourth-order valence-electron chi connectivity index (χ4n) is 2.46. The number of hydrogen-bond acceptors (Lipinski definition) is 0. The second-order valence-corrected chi connectivity index (χ2v) is 4.94. The van der Waals surface area contributed by atoms with Crippen molar-refractivity contribution in [2.75, 3.05) is 0 Å². The van der Waals surface area contributed by atoms with Crippen molar-refractivity contribution in [1.82, 2.24) is 0 Å². The third-order valence-corrected chi connectivity index (χ3v) is 3.35. The highest BCUT2D eigenvalue weighted by atomic mass is 14.2. The summed E-state index contributed by atoms with van der Waals surface area (Å²) < 4.78 is 0. The SMILES string of the molecule is C=C(C)c1ccccc1C1=CCCC(C)C1. The molecule has 0 heterocycles. The monoisotopic (exact) mass is 212 g/mol. The lowest BCUT2D eigenvalue weighted by molar-refractivity contribution is 0.536. The molecule has 0 spiro atoms. The molecular formula is C16H20. The third-order valence-electron chi connectivity index (χ3n) is 3.35. The van der Waals surface area contributed by atoms with E-state index in [0.717, 1.165) is 11.5 Å². The van der Waals surface area contributed by atoms with Gasteiger partial charge in [0.1, 0.15) is 0 Å². The topological polar surface area (TPSA) is 0 Å². The molecule has 0 aliphatic heterocycles. The summed E-state index contributed by atoms with van der Waals surface area (Å²) in [5.41, 5.74) is 5.37. The minimum absolute atomic E-state index is 0.818. The maximum absolute atomic E-state index is 4.07. The lowest BCUT2D eigenvalue weighted by Gasteiger charge is -2.21. The first kappa shape index (κ1) is 11.2. The molecule has 0 fully saturated rings. The molecule has 16 heavy (non-hydrogen) atoms. The van der Waals surface area contributed by atoms with Crippen molar-refractivity contribution in [3.05, 3.63) is 48.0 Å². The minimum atomic E-state index is 0.818. The van der Waals surface area contributed by atoms with Gasteiger partial charge in [-0.2, -0.15) is 0 Å². The fraction of sp³-hybridized carbons (Fsp3) is 0.375. The largest absolute Gasteiger partial charge is 0.0955 e. The molecule has 0 amide bonds. The zero-order chi connectivity index (χ0) is 11.5. The third kappa shape index (κ3) is 2.27. The van der Waals surface area contributed by atoms with E-state index >= 15 is 0 Å². The van der Waals surface area contributed by atoms with Gasteiger partial charge in [-0.1, -0.05) is 49.4 Å². The Morgan fingerprint density at radius 3 is 2.75 bits per heavy atom. The van der Waals surface area contributed by atoms with Gasteiger partial charge in [0, 0.05) is 0 Å². The van der Waals surface area contributed by atoms with Gasteiger partial charge in [0.05, 0.1) is 0 Å². The van der Waals surface area contributed by atoms with Crippen LogP contribution in [0, 0.1) is 5.92 Å². The zero-order valence-electron chi connectivity index (χ0n) is 10.3. The minimum Gasteiger partial charge on any atom is -0.0955 e. The Kier molecular flexibility index (Phi) is 3.28. The number of benzene rings is 1. The maximum Gasteiger partial charge on any atom is -0.0153 e. The zero-order valence-corrected chi connectivity index (χ0v) is 10.3. The standard InChI is InChI=1S/C16H20/c1-12(2)15-9-4-5-10-16(15)14-8-6-7-13(3)11-14/h4-5,8-10,13H,1,6-7,11H2,2-3H3. The predicted octanol–water partition coefficient (Wildman–Crippen LogP) is 4.92. The van der Waals surface area contributed by atoms with Gasteiger partial charge in [0.25, 0.3) is 0 Å². The van der Waals surface area contributed by atoms with Crippen LogP contribution in [0.25, 0.3) is 11.1 Å². The summed E-state index contributed by atoms with van der Waals surface area (Å²) in [5, 5.41) is 0. The number of allylic oxidation sites excluding steroid dienone is 3. The molecule has 0 bridgehead atoms. The lowest BCUT2D eigenvalue weighted by atomic mass is 9.84. The molecule has 0 N–H and O–H groups in total. The highest BCUT2D eigenvalue weighted by Gasteiger charge is 2.14. The van der Waals surface area contributed by atoms with Crippen LogP contribution < -0.4 is 0 Å². The van der Waals surface area contributed by atoms with E-state index in [0.29, 0.717) is 0 Å². The first-order chi connectivity index (χ1) is 7.68. The first-order valence-corrected chi connectivity index (χ1v) is 6.13. The summed E-state index contributed by atoms with van der Waals surface area (Å²) in [5.74, 6) is 0.818. The van der Waals surface area contributed by atoms with Crippen LogP contribution in [-0.2, 0) is 0 Å². The molecule has 1 aromatic rings. The first-order valence-electron chi connectivity index (χ1n) is 6.13. The lowest BCUT2D eigenvalue weighted by Crippen LogP contribution is -2.03. The molecule has 0 saturated heterocycles. The van der Waals surface area contributed by atoms with E-state index in [1.807, 2.05) is 0 Å². The van der Waals surface area contributed by atoms with Crippen molar-refractivity contribution in [3.8, 4) is 0 Å². The van der Waals surface area contributed by atoms with Crippen LogP contribution in [0.5, 0.6) is 0 Å². The van der Waals surface area contributed by atoms with Gasteiger partial charge in [-0.15, -0.1) is 0 Å². The molecule has 1 aromatic carbocycles. The van der Waals surface area contributed by atoms with Crippen LogP contribution in [0.2, 0.25) is 0 Å². The van der Waals surface area contributed by atoms with Gasteiger partial charge >= 0.3 is 0 Å².